The summed E-state index contributed by atoms with van der Waals surface area (Å²) >= 11 is 0. The molecule has 0 aliphatic heterocycles. The Morgan fingerprint density at radius 1 is 0.615 bits per heavy atom. The van der Waals surface area contributed by atoms with Gasteiger partial charge in [0.2, 0.25) is 5.69 Å². The van der Waals surface area contributed by atoms with Gasteiger partial charge < -0.3 is 0 Å². The Balaban J connectivity index is 1.80. The molecule has 1 heteroatoms. The van der Waals surface area contributed by atoms with Gasteiger partial charge in [-0.15, -0.1) is 0 Å². The van der Waals surface area contributed by atoms with Crippen molar-refractivity contribution < 1.29 is 4.57 Å². The van der Waals surface area contributed by atoms with E-state index in [0.29, 0.717) is 0 Å². The third kappa shape index (κ3) is 2.28. The molecule has 0 aliphatic carbocycles. The van der Waals surface area contributed by atoms with Crippen LogP contribution in [0.4, 0.5) is 0 Å². The van der Waals surface area contributed by atoms with E-state index in [9.17, 15) is 0 Å². The second-order valence-corrected chi connectivity index (χ2v) is 7.06. The van der Waals surface area contributed by atoms with Gasteiger partial charge in [-0.1, -0.05) is 54.6 Å². The summed E-state index contributed by atoms with van der Waals surface area (Å²) in [5.41, 5.74) is 3.87. The molecule has 26 heavy (non-hydrogen) atoms. The first kappa shape index (κ1) is 15.1. The van der Waals surface area contributed by atoms with Crippen LogP contribution in [-0.2, 0) is 7.05 Å². The molecule has 1 heterocycles. The van der Waals surface area contributed by atoms with E-state index < -0.39 is 0 Å². The lowest BCUT2D eigenvalue weighted by atomic mass is 9.96. The van der Waals surface area contributed by atoms with Crippen molar-refractivity contribution in [3.63, 3.8) is 0 Å². The van der Waals surface area contributed by atoms with Gasteiger partial charge >= 0.3 is 0 Å². The summed E-state index contributed by atoms with van der Waals surface area (Å²) in [5.74, 6) is 0. The van der Waals surface area contributed by atoms with Crippen molar-refractivity contribution in [2.45, 2.75) is 6.92 Å². The van der Waals surface area contributed by atoms with Crippen molar-refractivity contribution in [3.8, 4) is 11.3 Å². The van der Waals surface area contributed by atoms with Gasteiger partial charge in [-0.05, 0) is 57.6 Å². The quantitative estimate of drug-likeness (QED) is 0.263. The molecule has 0 spiro atoms. The highest BCUT2D eigenvalue weighted by Gasteiger charge is 2.15. The number of hydrogen-bond donors (Lipinski definition) is 0. The van der Waals surface area contributed by atoms with Crippen LogP contribution in [0.15, 0.2) is 85.1 Å². The molecule has 0 radical (unpaired) electrons. The zero-order valence-electron chi connectivity index (χ0n) is 15.0. The Bertz CT molecular complexity index is 1300. The van der Waals surface area contributed by atoms with E-state index >= 15 is 0 Å². The molecule has 5 rings (SSSR count). The third-order valence-corrected chi connectivity index (χ3v) is 5.43. The van der Waals surface area contributed by atoms with Gasteiger partial charge in [0.25, 0.3) is 0 Å². The Kier molecular flexibility index (Phi) is 3.29. The number of pyridine rings is 1. The molecule has 1 aromatic heterocycles. The smallest absolute Gasteiger partial charge is 0.200 e. The lowest BCUT2D eigenvalue weighted by Crippen LogP contribution is -2.30. The molecule has 0 saturated heterocycles. The van der Waals surface area contributed by atoms with E-state index in [-0.39, 0.29) is 0 Å². The Morgan fingerprint density at radius 2 is 1.27 bits per heavy atom. The first-order valence-electron chi connectivity index (χ1n) is 9.02. The van der Waals surface area contributed by atoms with Crippen molar-refractivity contribution in [1.82, 2.24) is 0 Å². The maximum absolute atomic E-state index is 2.32. The first-order chi connectivity index (χ1) is 12.7. The minimum atomic E-state index is 1.25. The van der Waals surface area contributed by atoms with Gasteiger partial charge in [-0.25, -0.2) is 4.57 Å². The molecule has 0 unspecified atom stereocenters. The number of aromatic nitrogens is 1. The summed E-state index contributed by atoms with van der Waals surface area (Å²) in [6.45, 7) is 2.22. The molecular weight excluding hydrogens is 314 g/mol. The molecule has 0 saturated carbocycles. The fourth-order valence-electron chi connectivity index (χ4n) is 4.01. The predicted octanol–water partition coefficient (Wildman–Crippen LogP) is 5.95. The molecule has 0 atom stereocenters. The van der Waals surface area contributed by atoms with E-state index in [0.717, 1.165) is 0 Å². The Morgan fingerprint density at radius 3 is 2.04 bits per heavy atom. The Hall–Kier alpha value is -3.19. The van der Waals surface area contributed by atoms with Gasteiger partial charge in [0.1, 0.15) is 7.05 Å². The van der Waals surface area contributed by atoms with Crippen LogP contribution in [0.5, 0.6) is 0 Å². The van der Waals surface area contributed by atoms with Crippen LogP contribution in [0.3, 0.4) is 0 Å². The highest BCUT2D eigenvalue weighted by atomic mass is 14.9. The highest BCUT2D eigenvalue weighted by molar-refractivity contribution is 5.99. The number of nitrogens with zero attached hydrogens (tertiary/aromatic N) is 1. The van der Waals surface area contributed by atoms with E-state index in [2.05, 4.69) is 104 Å². The number of aryl methyl sites for hydroxylation is 2. The van der Waals surface area contributed by atoms with Crippen LogP contribution in [0.2, 0.25) is 0 Å². The van der Waals surface area contributed by atoms with Crippen LogP contribution < -0.4 is 4.57 Å². The molecule has 124 valence electrons. The summed E-state index contributed by atoms with van der Waals surface area (Å²) in [6, 6.07) is 28.5. The van der Waals surface area contributed by atoms with Crippen molar-refractivity contribution >= 4 is 32.3 Å². The first-order valence-corrected chi connectivity index (χ1v) is 9.02. The summed E-state index contributed by atoms with van der Waals surface area (Å²) < 4.78 is 2.24. The summed E-state index contributed by atoms with van der Waals surface area (Å²) in [5, 5.41) is 7.74. The zero-order chi connectivity index (χ0) is 17.7. The van der Waals surface area contributed by atoms with Crippen LogP contribution in [0, 0.1) is 6.92 Å². The third-order valence-electron chi connectivity index (χ3n) is 5.43. The minimum absolute atomic E-state index is 1.25. The van der Waals surface area contributed by atoms with Gasteiger partial charge in [-0.3, -0.25) is 0 Å². The van der Waals surface area contributed by atoms with Crippen LogP contribution in [0.25, 0.3) is 43.6 Å². The van der Waals surface area contributed by atoms with E-state index in [1.165, 1.54) is 49.1 Å². The zero-order valence-corrected chi connectivity index (χ0v) is 15.0. The lowest BCUT2D eigenvalue weighted by molar-refractivity contribution is -0.659. The summed E-state index contributed by atoms with van der Waals surface area (Å²) in [6.07, 6.45) is 2.24. The average Bonchev–Trinajstić information content (AvgIpc) is 2.67. The van der Waals surface area contributed by atoms with Gasteiger partial charge in [0, 0.05) is 17.0 Å². The SMILES string of the molecule is Cc1c(-c2cc3cc4ccccc4cc3c[n+]2C)ccc2ccccc12. The molecular formula is C25H20N+. The van der Waals surface area contributed by atoms with Crippen molar-refractivity contribution in [2.75, 3.05) is 0 Å². The van der Waals surface area contributed by atoms with Gasteiger partial charge in [0.15, 0.2) is 6.20 Å². The normalized spacial score (nSPS) is 11.5. The number of fused-ring (bicyclic) bond motifs is 3. The molecule has 1 nitrogen and oxygen atoms in total. The van der Waals surface area contributed by atoms with Gasteiger partial charge in [0.05, 0.1) is 0 Å². The van der Waals surface area contributed by atoms with E-state index in [4.69, 9.17) is 0 Å². The maximum atomic E-state index is 2.32. The van der Waals surface area contributed by atoms with Crippen LogP contribution >= 0.6 is 0 Å². The fourth-order valence-corrected chi connectivity index (χ4v) is 4.01. The number of benzene rings is 4. The summed E-state index contributed by atoms with van der Waals surface area (Å²) in [4.78, 5) is 0. The topological polar surface area (TPSA) is 3.88 Å². The molecule has 0 bridgehead atoms. The monoisotopic (exact) mass is 334 g/mol. The lowest BCUT2D eigenvalue weighted by Gasteiger charge is -2.10. The molecule has 0 N–H and O–H groups in total. The molecule has 5 aromatic rings. The molecule has 0 fully saturated rings. The maximum Gasteiger partial charge on any atom is 0.213 e. The predicted molar refractivity (Wildman–Crippen MR) is 110 cm³/mol. The second-order valence-electron chi connectivity index (χ2n) is 7.06. The van der Waals surface area contributed by atoms with Crippen LogP contribution in [-0.4, -0.2) is 0 Å². The second kappa shape index (κ2) is 5.67. The summed E-state index contributed by atoms with van der Waals surface area (Å²) in [7, 11) is 2.14. The number of rotatable bonds is 1. The van der Waals surface area contributed by atoms with Crippen molar-refractivity contribution in [1.29, 1.82) is 0 Å². The average molecular weight is 334 g/mol. The van der Waals surface area contributed by atoms with Crippen LogP contribution in [0.1, 0.15) is 5.56 Å². The van der Waals surface area contributed by atoms with Gasteiger partial charge in [-0.2, -0.15) is 0 Å². The van der Waals surface area contributed by atoms with E-state index in [1.807, 2.05) is 0 Å². The standard InChI is InChI=1S/C25H20N/c1-17-23-10-6-5-7-18(23)11-12-24(17)25-15-21-13-19-8-3-4-9-20(19)14-22(21)16-26(25)2/h3-16H,1-2H3/q+1. The molecule has 4 aromatic carbocycles. The number of hydrogen-bond acceptors (Lipinski definition) is 0. The van der Waals surface area contributed by atoms with Crippen molar-refractivity contribution in [2.24, 2.45) is 7.05 Å². The molecule has 0 amide bonds. The highest BCUT2D eigenvalue weighted by Crippen LogP contribution is 2.30. The van der Waals surface area contributed by atoms with Crippen molar-refractivity contribution in [3.05, 3.63) is 90.6 Å². The van der Waals surface area contributed by atoms with E-state index in [1.54, 1.807) is 0 Å². The fraction of sp³-hybridized carbons (Fsp3) is 0.0800. The molecule has 0 aliphatic rings. The minimum Gasteiger partial charge on any atom is -0.200 e. The Labute approximate surface area is 153 Å². The largest absolute Gasteiger partial charge is 0.213 e.